The summed E-state index contributed by atoms with van der Waals surface area (Å²) in [6.07, 6.45) is -0.922. The van der Waals surface area contributed by atoms with Crippen LogP contribution in [0.3, 0.4) is 0 Å². The van der Waals surface area contributed by atoms with Crippen molar-refractivity contribution in [3.05, 3.63) is 0 Å². The Bertz CT molecular complexity index is 276. The van der Waals surface area contributed by atoms with Gasteiger partial charge in [-0.2, -0.15) is 0 Å². The third kappa shape index (κ3) is 5.33. The van der Waals surface area contributed by atoms with Gasteiger partial charge in [0.05, 0.1) is 6.61 Å². The van der Waals surface area contributed by atoms with E-state index in [0.717, 1.165) is 0 Å². The van der Waals surface area contributed by atoms with Crippen LogP contribution in [0, 0.1) is 0 Å². The Morgan fingerprint density at radius 2 is 1.81 bits per heavy atom. The molecule has 0 saturated heterocycles. The van der Waals surface area contributed by atoms with Gasteiger partial charge in [0.15, 0.2) is 6.10 Å². The highest BCUT2D eigenvalue weighted by Crippen LogP contribution is 1.94. The largest absolute Gasteiger partial charge is 0.464 e. The number of nitrogens with one attached hydrogen (secondary N) is 1. The molecular weight excluding hydrogens is 214 g/mol. The maximum Gasteiger partial charge on any atom is 0.328 e. The van der Waals surface area contributed by atoms with E-state index in [2.05, 4.69) is 10.1 Å². The van der Waals surface area contributed by atoms with Crippen LogP contribution in [-0.2, 0) is 23.9 Å². The van der Waals surface area contributed by atoms with Crippen LogP contribution in [0.25, 0.3) is 0 Å². The van der Waals surface area contributed by atoms with E-state index in [1.165, 1.54) is 20.8 Å². The maximum absolute atomic E-state index is 11.4. The first-order valence-electron chi connectivity index (χ1n) is 5.02. The predicted octanol–water partition coefficient (Wildman–Crippen LogP) is 0.00580. The fraction of sp³-hybridized carbons (Fsp3) is 0.700. The lowest BCUT2D eigenvalue weighted by molar-refractivity contribution is -0.154. The Hall–Kier alpha value is -1.59. The van der Waals surface area contributed by atoms with Crippen molar-refractivity contribution in [2.45, 2.75) is 39.8 Å². The minimum absolute atomic E-state index is 0.249. The summed E-state index contributed by atoms with van der Waals surface area (Å²) in [4.78, 5) is 33.2. The summed E-state index contributed by atoms with van der Waals surface area (Å²) in [5.41, 5.74) is 0. The summed E-state index contributed by atoms with van der Waals surface area (Å²) in [7, 11) is 0. The van der Waals surface area contributed by atoms with Crippen molar-refractivity contribution in [3.63, 3.8) is 0 Å². The molecule has 1 amide bonds. The molecule has 92 valence electrons. The quantitative estimate of drug-likeness (QED) is 0.674. The molecule has 0 spiro atoms. The number of esters is 2. The van der Waals surface area contributed by atoms with E-state index in [9.17, 15) is 14.4 Å². The molecule has 0 fully saturated rings. The Morgan fingerprint density at radius 1 is 1.25 bits per heavy atom. The fourth-order valence-electron chi connectivity index (χ4n) is 0.959. The molecule has 6 heteroatoms. The highest BCUT2D eigenvalue weighted by molar-refractivity contribution is 5.87. The predicted molar refractivity (Wildman–Crippen MR) is 55.5 cm³/mol. The van der Waals surface area contributed by atoms with Crippen molar-refractivity contribution in [2.75, 3.05) is 6.61 Å². The second-order valence-electron chi connectivity index (χ2n) is 3.23. The molecule has 0 radical (unpaired) electrons. The van der Waals surface area contributed by atoms with Crippen LogP contribution in [0.15, 0.2) is 0 Å². The molecule has 0 rings (SSSR count). The second-order valence-corrected chi connectivity index (χ2v) is 3.23. The first kappa shape index (κ1) is 14.4. The number of amides is 1. The highest BCUT2D eigenvalue weighted by Gasteiger charge is 2.21. The van der Waals surface area contributed by atoms with Crippen LogP contribution in [0.4, 0.5) is 0 Å². The zero-order valence-corrected chi connectivity index (χ0v) is 9.90. The van der Waals surface area contributed by atoms with Gasteiger partial charge < -0.3 is 14.8 Å². The van der Waals surface area contributed by atoms with Gasteiger partial charge in [-0.1, -0.05) is 0 Å². The molecule has 6 nitrogen and oxygen atoms in total. The first-order valence-corrected chi connectivity index (χ1v) is 5.02. The molecule has 0 bridgehead atoms. The zero-order valence-electron chi connectivity index (χ0n) is 9.90. The first-order chi connectivity index (χ1) is 7.38. The molecule has 0 aliphatic rings. The molecule has 0 aromatic rings. The number of carbonyl (C=O) groups is 3. The summed E-state index contributed by atoms with van der Waals surface area (Å²) in [5.74, 6) is -1.60. The summed E-state index contributed by atoms with van der Waals surface area (Å²) < 4.78 is 9.35. The lowest BCUT2D eigenvalue weighted by atomic mass is 10.3. The van der Waals surface area contributed by atoms with Crippen molar-refractivity contribution in [1.82, 2.24) is 5.32 Å². The number of hydrogen-bond acceptors (Lipinski definition) is 5. The minimum Gasteiger partial charge on any atom is -0.464 e. The van der Waals surface area contributed by atoms with Crippen molar-refractivity contribution in [2.24, 2.45) is 0 Å². The van der Waals surface area contributed by atoms with Gasteiger partial charge in [0.2, 0.25) is 0 Å². The zero-order chi connectivity index (χ0) is 12.7. The van der Waals surface area contributed by atoms with E-state index >= 15 is 0 Å². The van der Waals surface area contributed by atoms with E-state index in [-0.39, 0.29) is 6.61 Å². The molecule has 1 N–H and O–H groups in total. The van der Waals surface area contributed by atoms with Crippen LogP contribution < -0.4 is 5.32 Å². The average molecular weight is 231 g/mol. The number of hydrogen-bond donors (Lipinski definition) is 1. The van der Waals surface area contributed by atoms with Gasteiger partial charge >= 0.3 is 11.9 Å². The standard InChI is InChI=1S/C10H17NO5/c1-5-15-10(14)6(2)11-9(13)7(3)16-8(4)12/h6-7H,5H2,1-4H3,(H,11,13)/t6-,7-/m0/s1. The van der Waals surface area contributed by atoms with E-state index in [1.54, 1.807) is 6.92 Å². The van der Waals surface area contributed by atoms with Gasteiger partial charge in [-0.15, -0.1) is 0 Å². The molecule has 0 aliphatic heterocycles. The summed E-state index contributed by atoms with van der Waals surface area (Å²) in [5, 5.41) is 2.38. The second kappa shape index (κ2) is 6.81. The van der Waals surface area contributed by atoms with Gasteiger partial charge in [-0.25, -0.2) is 4.79 Å². The third-order valence-corrected chi connectivity index (χ3v) is 1.71. The lowest BCUT2D eigenvalue weighted by Crippen LogP contribution is -2.44. The van der Waals surface area contributed by atoms with Gasteiger partial charge in [0, 0.05) is 6.92 Å². The molecule has 16 heavy (non-hydrogen) atoms. The SMILES string of the molecule is CCOC(=O)[C@H](C)NC(=O)[C@H](C)OC(C)=O. The average Bonchev–Trinajstić information content (AvgIpc) is 2.16. The Labute approximate surface area is 94.3 Å². The molecule has 2 atom stereocenters. The van der Waals surface area contributed by atoms with Crippen LogP contribution in [-0.4, -0.2) is 36.6 Å². The van der Waals surface area contributed by atoms with Crippen LogP contribution in [0.5, 0.6) is 0 Å². The monoisotopic (exact) mass is 231 g/mol. The Morgan fingerprint density at radius 3 is 2.25 bits per heavy atom. The van der Waals surface area contributed by atoms with Crippen molar-refractivity contribution >= 4 is 17.8 Å². The summed E-state index contributed by atoms with van der Waals surface area (Å²) in [6, 6.07) is -0.759. The molecular formula is C10H17NO5. The van der Waals surface area contributed by atoms with Gasteiger partial charge in [-0.05, 0) is 20.8 Å². The minimum atomic E-state index is -0.922. The smallest absolute Gasteiger partial charge is 0.328 e. The number of ether oxygens (including phenoxy) is 2. The molecule has 0 unspecified atom stereocenters. The van der Waals surface area contributed by atoms with Crippen molar-refractivity contribution in [1.29, 1.82) is 0 Å². The van der Waals surface area contributed by atoms with Crippen molar-refractivity contribution < 1.29 is 23.9 Å². The molecule has 0 aromatic heterocycles. The summed E-state index contributed by atoms with van der Waals surface area (Å²) >= 11 is 0. The molecule has 0 saturated carbocycles. The van der Waals surface area contributed by atoms with Gasteiger partial charge in [0.1, 0.15) is 6.04 Å². The van der Waals surface area contributed by atoms with E-state index in [4.69, 9.17) is 4.74 Å². The molecule has 0 aromatic carbocycles. The van der Waals surface area contributed by atoms with Crippen molar-refractivity contribution in [3.8, 4) is 0 Å². The third-order valence-electron chi connectivity index (χ3n) is 1.71. The van der Waals surface area contributed by atoms with Crippen LogP contribution in [0.1, 0.15) is 27.7 Å². The Balaban J connectivity index is 4.12. The van der Waals surface area contributed by atoms with Crippen LogP contribution >= 0.6 is 0 Å². The van der Waals surface area contributed by atoms with E-state index < -0.39 is 30.0 Å². The van der Waals surface area contributed by atoms with Gasteiger partial charge in [0.25, 0.3) is 5.91 Å². The van der Waals surface area contributed by atoms with Gasteiger partial charge in [-0.3, -0.25) is 9.59 Å². The normalized spacial score (nSPS) is 13.5. The fourth-order valence-corrected chi connectivity index (χ4v) is 0.959. The van der Waals surface area contributed by atoms with E-state index in [1.807, 2.05) is 0 Å². The molecule has 0 aliphatic carbocycles. The van der Waals surface area contributed by atoms with E-state index in [0.29, 0.717) is 0 Å². The lowest BCUT2D eigenvalue weighted by Gasteiger charge is -2.16. The van der Waals surface area contributed by atoms with Crippen LogP contribution in [0.2, 0.25) is 0 Å². The number of carbonyl (C=O) groups excluding carboxylic acids is 3. The highest BCUT2D eigenvalue weighted by atomic mass is 16.5. The summed E-state index contributed by atoms with van der Waals surface area (Å²) in [6.45, 7) is 6.05. The Kier molecular flexibility index (Phi) is 6.14. The maximum atomic E-state index is 11.4. The topological polar surface area (TPSA) is 81.7 Å². The molecule has 0 heterocycles. The number of rotatable bonds is 5.